The molecule has 0 aromatic heterocycles. The summed E-state index contributed by atoms with van der Waals surface area (Å²) in [6.07, 6.45) is 3.60. The summed E-state index contributed by atoms with van der Waals surface area (Å²) >= 11 is 0. The van der Waals surface area contributed by atoms with Gasteiger partial charge in [0.25, 0.3) is 0 Å². The van der Waals surface area contributed by atoms with Gasteiger partial charge in [-0.25, -0.2) is 0 Å². The average Bonchev–Trinajstić information content (AvgIpc) is 2.30. The summed E-state index contributed by atoms with van der Waals surface area (Å²) in [4.78, 5) is 4.26. The third-order valence-electron chi connectivity index (χ3n) is 2.41. The zero-order valence-electron chi connectivity index (χ0n) is 10.2. The van der Waals surface area contributed by atoms with Gasteiger partial charge in [0.05, 0.1) is 7.11 Å². The molecule has 3 heteroatoms. The summed E-state index contributed by atoms with van der Waals surface area (Å²) in [6, 6.07) is 3.56. The molecule has 0 spiro atoms. The first-order valence-electron chi connectivity index (χ1n) is 5.62. The van der Waals surface area contributed by atoms with Crippen molar-refractivity contribution in [3.05, 3.63) is 23.3 Å². The highest BCUT2D eigenvalue weighted by Gasteiger charge is 2.07. The second kappa shape index (κ2) is 6.16. The number of hydrogen-bond donors (Lipinski definition) is 1. The summed E-state index contributed by atoms with van der Waals surface area (Å²) in [6.45, 7) is 4.91. The van der Waals surface area contributed by atoms with Crippen LogP contribution in [0, 0.1) is 0 Å². The number of rotatable bonds is 5. The molecule has 0 atom stereocenters. The zero-order chi connectivity index (χ0) is 12.0. The van der Waals surface area contributed by atoms with Crippen LogP contribution >= 0.6 is 0 Å². The summed E-state index contributed by atoms with van der Waals surface area (Å²) in [5.41, 5.74) is 1.86. The van der Waals surface area contributed by atoms with Gasteiger partial charge in [-0.1, -0.05) is 13.8 Å². The molecular weight excluding hydrogens is 202 g/mol. The van der Waals surface area contributed by atoms with Crippen molar-refractivity contribution in [3.63, 3.8) is 0 Å². The van der Waals surface area contributed by atoms with E-state index < -0.39 is 0 Å². The topological polar surface area (TPSA) is 41.8 Å². The first kappa shape index (κ1) is 12.6. The Kier molecular flexibility index (Phi) is 4.83. The molecule has 0 aliphatic rings. The Balaban J connectivity index is 3.06. The highest BCUT2D eigenvalue weighted by molar-refractivity contribution is 5.86. The van der Waals surface area contributed by atoms with E-state index in [1.54, 1.807) is 19.4 Å². The number of phenols is 1. The maximum Gasteiger partial charge on any atom is 0.128 e. The van der Waals surface area contributed by atoms with Crippen molar-refractivity contribution in [2.24, 2.45) is 4.99 Å². The van der Waals surface area contributed by atoms with Gasteiger partial charge in [-0.15, -0.1) is 0 Å². The second-order valence-corrected chi connectivity index (χ2v) is 3.61. The number of phenolic OH excluding ortho intramolecular Hbond substituents is 1. The molecule has 0 saturated carbocycles. The van der Waals surface area contributed by atoms with Crippen molar-refractivity contribution >= 4 is 6.21 Å². The lowest BCUT2D eigenvalue weighted by Gasteiger charge is -2.08. The number of aryl methyl sites for hydroxylation is 1. The molecule has 3 nitrogen and oxygen atoms in total. The van der Waals surface area contributed by atoms with Crippen LogP contribution in [0.1, 0.15) is 31.4 Å². The lowest BCUT2D eigenvalue weighted by Crippen LogP contribution is -1.95. The normalized spacial score (nSPS) is 10.9. The van der Waals surface area contributed by atoms with E-state index in [0.717, 1.165) is 30.5 Å². The number of benzene rings is 1. The summed E-state index contributed by atoms with van der Waals surface area (Å²) in [5.74, 6) is 0.915. The van der Waals surface area contributed by atoms with Crippen LogP contribution in [0.3, 0.4) is 0 Å². The number of methoxy groups -OCH3 is 1. The Hall–Kier alpha value is -1.51. The Morgan fingerprint density at radius 3 is 2.69 bits per heavy atom. The van der Waals surface area contributed by atoms with Crippen LogP contribution in [0.15, 0.2) is 17.1 Å². The Labute approximate surface area is 96.8 Å². The smallest absolute Gasteiger partial charge is 0.128 e. The van der Waals surface area contributed by atoms with E-state index in [4.69, 9.17) is 4.74 Å². The van der Waals surface area contributed by atoms with Gasteiger partial charge in [-0.05, 0) is 24.5 Å². The average molecular weight is 221 g/mol. The minimum atomic E-state index is 0.232. The molecule has 0 heterocycles. The summed E-state index contributed by atoms with van der Waals surface area (Å²) in [7, 11) is 1.60. The van der Waals surface area contributed by atoms with Crippen LogP contribution in [-0.4, -0.2) is 25.0 Å². The predicted molar refractivity (Wildman–Crippen MR) is 66.8 cm³/mol. The van der Waals surface area contributed by atoms with E-state index in [9.17, 15) is 5.11 Å². The predicted octanol–water partition coefficient (Wildman–Crippen LogP) is 2.79. The van der Waals surface area contributed by atoms with Crippen molar-refractivity contribution in [3.8, 4) is 11.5 Å². The van der Waals surface area contributed by atoms with Crippen molar-refractivity contribution in [1.29, 1.82) is 0 Å². The first-order chi connectivity index (χ1) is 7.72. The number of nitrogens with zero attached hydrogens (tertiary/aromatic N) is 1. The second-order valence-electron chi connectivity index (χ2n) is 3.61. The molecule has 1 aromatic rings. The Morgan fingerprint density at radius 2 is 2.12 bits per heavy atom. The van der Waals surface area contributed by atoms with Crippen LogP contribution in [0.2, 0.25) is 0 Å². The molecule has 0 bridgehead atoms. The lowest BCUT2D eigenvalue weighted by molar-refractivity contribution is 0.407. The van der Waals surface area contributed by atoms with Gasteiger partial charge >= 0.3 is 0 Å². The van der Waals surface area contributed by atoms with E-state index in [1.807, 2.05) is 13.0 Å². The molecule has 1 aromatic carbocycles. The minimum Gasteiger partial charge on any atom is -0.507 e. The van der Waals surface area contributed by atoms with Crippen LogP contribution in [0.4, 0.5) is 0 Å². The molecule has 88 valence electrons. The minimum absolute atomic E-state index is 0.232. The van der Waals surface area contributed by atoms with Crippen molar-refractivity contribution in [2.45, 2.75) is 26.7 Å². The van der Waals surface area contributed by atoms with E-state index in [-0.39, 0.29) is 5.75 Å². The lowest BCUT2D eigenvalue weighted by atomic mass is 10.0. The largest absolute Gasteiger partial charge is 0.507 e. The molecule has 0 aliphatic heterocycles. The van der Waals surface area contributed by atoms with Gasteiger partial charge in [-0.2, -0.15) is 0 Å². The molecule has 1 N–H and O–H groups in total. The fourth-order valence-corrected chi connectivity index (χ4v) is 1.51. The highest BCUT2D eigenvalue weighted by Crippen LogP contribution is 2.26. The van der Waals surface area contributed by atoms with Gasteiger partial charge in [0, 0.05) is 24.4 Å². The van der Waals surface area contributed by atoms with E-state index >= 15 is 0 Å². The van der Waals surface area contributed by atoms with Gasteiger partial charge in [0.15, 0.2) is 0 Å². The van der Waals surface area contributed by atoms with Crippen LogP contribution < -0.4 is 4.74 Å². The highest BCUT2D eigenvalue weighted by atomic mass is 16.5. The Bertz CT molecular complexity index is 372. The number of ether oxygens (including phenoxy) is 1. The molecular formula is C13H19NO2. The zero-order valence-corrected chi connectivity index (χ0v) is 10.2. The van der Waals surface area contributed by atoms with Gasteiger partial charge in [0.1, 0.15) is 11.5 Å². The van der Waals surface area contributed by atoms with Gasteiger partial charge in [0.2, 0.25) is 0 Å². The number of aliphatic imine (C=N–C) groups is 1. The molecule has 0 unspecified atom stereocenters. The number of aromatic hydroxyl groups is 1. The maximum atomic E-state index is 9.86. The molecule has 16 heavy (non-hydrogen) atoms. The van der Waals surface area contributed by atoms with Crippen LogP contribution in [-0.2, 0) is 6.42 Å². The number of hydrogen-bond acceptors (Lipinski definition) is 3. The summed E-state index contributed by atoms with van der Waals surface area (Å²) < 4.78 is 5.11. The molecule has 0 radical (unpaired) electrons. The third-order valence-corrected chi connectivity index (χ3v) is 2.41. The van der Waals surface area contributed by atoms with Crippen LogP contribution in [0.5, 0.6) is 11.5 Å². The van der Waals surface area contributed by atoms with Gasteiger partial charge < -0.3 is 9.84 Å². The van der Waals surface area contributed by atoms with E-state index in [0.29, 0.717) is 5.75 Å². The molecule has 0 saturated heterocycles. The molecule has 0 amide bonds. The molecule has 0 fully saturated rings. The van der Waals surface area contributed by atoms with Crippen molar-refractivity contribution < 1.29 is 9.84 Å². The van der Waals surface area contributed by atoms with Gasteiger partial charge in [-0.3, -0.25) is 4.99 Å². The monoisotopic (exact) mass is 221 g/mol. The SMILES string of the molecule is CCCN=Cc1c(O)cc(OC)cc1CC. The van der Waals surface area contributed by atoms with E-state index in [2.05, 4.69) is 11.9 Å². The van der Waals surface area contributed by atoms with Crippen molar-refractivity contribution in [2.75, 3.05) is 13.7 Å². The molecule has 0 aliphatic carbocycles. The fourth-order valence-electron chi connectivity index (χ4n) is 1.51. The first-order valence-corrected chi connectivity index (χ1v) is 5.62. The van der Waals surface area contributed by atoms with Crippen LogP contribution in [0.25, 0.3) is 0 Å². The maximum absolute atomic E-state index is 9.86. The van der Waals surface area contributed by atoms with E-state index in [1.165, 1.54) is 0 Å². The standard InChI is InChI=1S/C13H19NO2/c1-4-6-14-9-12-10(5-2)7-11(16-3)8-13(12)15/h7-9,15H,4-6H2,1-3H3. The molecule has 1 rings (SSSR count). The summed E-state index contributed by atoms with van der Waals surface area (Å²) in [5, 5.41) is 9.86. The Morgan fingerprint density at radius 1 is 1.38 bits per heavy atom. The quantitative estimate of drug-likeness (QED) is 0.777. The fraction of sp³-hybridized carbons (Fsp3) is 0.462. The third kappa shape index (κ3) is 2.99. The van der Waals surface area contributed by atoms with Crippen molar-refractivity contribution in [1.82, 2.24) is 0 Å².